The number of amides is 2. The molecule has 10 heteroatoms. The van der Waals surface area contributed by atoms with Gasteiger partial charge in [0.25, 0.3) is 17.5 Å². The van der Waals surface area contributed by atoms with Crippen LogP contribution in [0.25, 0.3) is 17.4 Å². The highest BCUT2D eigenvalue weighted by Gasteiger charge is 2.33. The maximum atomic E-state index is 12.6. The smallest absolute Gasteiger partial charge is 0.270 e. The number of carbonyl (C=O) groups is 2. The van der Waals surface area contributed by atoms with E-state index in [-0.39, 0.29) is 35.3 Å². The Balaban J connectivity index is 1.88. The minimum absolute atomic E-state index is 0.0147. The van der Waals surface area contributed by atoms with Crippen LogP contribution in [0.4, 0.5) is 5.69 Å². The minimum atomic E-state index is -0.628. The lowest BCUT2D eigenvalue weighted by molar-refractivity contribution is -0.384. The topological polar surface area (TPSA) is 115 Å². The predicted molar refractivity (Wildman–Crippen MR) is 103 cm³/mol. The van der Waals surface area contributed by atoms with E-state index in [1.165, 1.54) is 30.2 Å². The number of hydrogen-bond acceptors (Lipinski definition) is 7. The molecular weight excluding hydrogens is 386 g/mol. The van der Waals surface area contributed by atoms with Gasteiger partial charge in [-0.3, -0.25) is 29.9 Å². The number of furan rings is 1. The van der Waals surface area contributed by atoms with Gasteiger partial charge in [-0.25, -0.2) is 0 Å². The highest BCUT2D eigenvalue weighted by atomic mass is 32.1. The average molecular weight is 401 g/mol. The van der Waals surface area contributed by atoms with Crippen molar-refractivity contribution in [3.63, 3.8) is 0 Å². The van der Waals surface area contributed by atoms with Crippen molar-refractivity contribution < 1.29 is 23.7 Å². The third kappa shape index (κ3) is 3.97. The number of ether oxygens (including phenoxy) is 1. The van der Waals surface area contributed by atoms with Crippen molar-refractivity contribution in [2.24, 2.45) is 0 Å². The number of nitrogens with one attached hydrogen (secondary N) is 1. The molecule has 1 saturated heterocycles. The van der Waals surface area contributed by atoms with E-state index in [4.69, 9.17) is 21.4 Å². The summed E-state index contributed by atoms with van der Waals surface area (Å²) in [6.45, 7) is 0.454. The molecule has 0 bridgehead atoms. The predicted octanol–water partition coefficient (Wildman–Crippen LogP) is 2.13. The average Bonchev–Trinajstić information content (AvgIpc) is 3.14. The van der Waals surface area contributed by atoms with Crippen molar-refractivity contribution in [3.8, 4) is 11.3 Å². The molecule has 2 heterocycles. The Kier molecular flexibility index (Phi) is 5.62. The van der Waals surface area contributed by atoms with Gasteiger partial charge in [-0.15, -0.1) is 0 Å². The molecule has 1 N–H and O–H groups in total. The highest BCUT2D eigenvalue weighted by Crippen LogP contribution is 2.27. The van der Waals surface area contributed by atoms with E-state index in [2.05, 4.69) is 5.32 Å². The quantitative estimate of drug-likeness (QED) is 0.259. The number of nitro groups is 1. The normalized spacial score (nSPS) is 15.8. The number of thiocarbonyl (C=S) groups is 1. The molecule has 0 radical (unpaired) electrons. The van der Waals surface area contributed by atoms with Crippen molar-refractivity contribution in [3.05, 3.63) is 57.8 Å². The van der Waals surface area contributed by atoms with Crippen LogP contribution in [0.5, 0.6) is 0 Å². The molecule has 0 aliphatic carbocycles. The highest BCUT2D eigenvalue weighted by molar-refractivity contribution is 7.80. The lowest BCUT2D eigenvalue weighted by Crippen LogP contribution is -2.54. The fourth-order valence-electron chi connectivity index (χ4n) is 2.58. The van der Waals surface area contributed by atoms with E-state index >= 15 is 0 Å². The second kappa shape index (κ2) is 8.11. The van der Waals surface area contributed by atoms with Crippen LogP contribution in [0.15, 0.2) is 46.4 Å². The Labute approximate surface area is 164 Å². The molecular formula is C18H15N3O6S. The van der Waals surface area contributed by atoms with Crippen molar-refractivity contribution in [1.82, 2.24) is 10.2 Å². The molecule has 144 valence electrons. The van der Waals surface area contributed by atoms with E-state index in [1.807, 2.05) is 0 Å². The number of non-ortho nitro benzene ring substituents is 1. The largest absolute Gasteiger partial charge is 0.457 e. The number of hydrogen-bond donors (Lipinski definition) is 1. The van der Waals surface area contributed by atoms with Crippen LogP contribution in [-0.2, 0) is 14.3 Å². The Morgan fingerprint density at radius 1 is 1.32 bits per heavy atom. The molecule has 1 aromatic heterocycles. The van der Waals surface area contributed by atoms with Crippen LogP contribution < -0.4 is 5.32 Å². The first kappa shape index (κ1) is 19.4. The van der Waals surface area contributed by atoms with Crippen molar-refractivity contribution in [2.45, 2.75) is 0 Å². The summed E-state index contributed by atoms with van der Waals surface area (Å²) in [6, 6.07) is 9.11. The van der Waals surface area contributed by atoms with Crippen LogP contribution in [0.1, 0.15) is 5.76 Å². The Morgan fingerprint density at radius 2 is 2.11 bits per heavy atom. The molecule has 2 aromatic rings. The summed E-state index contributed by atoms with van der Waals surface area (Å²) >= 11 is 5.03. The molecule has 0 atom stereocenters. The summed E-state index contributed by atoms with van der Waals surface area (Å²) in [5, 5.41) is 13.4. The zero-order valence-corrected chi connectivity index (χ0v) is 15.5. The van der Waals surface area contributed by atoms with Gasteiger partial charge in [0, 0.05) is 24.8 Å². The molecule has 28 heavy (non-hydrogen) atoms. The Hall–Kier alpha value is -3.37. The minimum Gasteiger partial charge on any atom is -0.457 e. The number of carbonyl (C=O) groups excluding carboxylic acids is 2. The second-order valence-corrected chi connectivity index (χ2v) is 6.16. The monoisotopic (exact) mass is 401 g/mol. The van der Waals surface area contributed by atoms with E-state index in [0.29, 0.717) is 11.3 Å². The molecule has 1 aliphatic heterocycles. The van der Waals surface area contributed by atoms with Gasteiger partial charge in [-0.1, -0.05) is 12.1 Å². The summed E-state index contributed by atoms with van der Waals surface area (Å²) in [6.07, 6.45) is 1.31. The van der Waals surface area contributed by atoms with Gasteiger partial charge in [-0.05, 0) is 30.4 Å². The summed E-state index contributed by atoms with van der Waals surface area (Å²) < 4.78 is 10.6. The first-order chi connectivity index (χ1) is 13.4. The van der Waals surface area contributed by atoms with Gasteiger partial charge in [0.1, 0.15) is 17.1 Å². The molecule has 0 saturated carbocycles. The van der Waals surface area contributed by atoms with E-state index < -0.39 is 16.7 Å². The molecule has 1 aromatic carbocycles. The maximum absolute atomic E-state index is 12.6. The van der Waals surface area contributed by atoms with Crippen LogP contribution in [-0.4, -0.2) is 47.0 Å². The molecule has 2 amide bonds. The van der Waals surface area contributed by atoms with Gasteiger partial charge in [0.05, 0.1) is 18.1 Å². The SMILES string of the molecule is COCCN1C(=O)/C(=C/c2ccc(-c3cccc([N+](=O)[O-])c3)o2)C(=O)NC1=S. The number of benzene rings is 1. The molecule has 0 unspecified atom stereocenters. The first-order valence-corrected chi connectivity index (χ1v) is 8.54. The number of rotatable bonds is 6. The van der Waals surface area contributed by atoms with E-state index in [9.17, 15) is 19.7 Å². The maximum Gasteiger partial charge on any atom is 0.270 e. The number of nitrogens with zero attached hydrogens (tertiary/aromatic N) is 2. The number of methoxy groups -OCH3 is 1. The lowest BCUT2D eigenvalue weighted by Gasteiger charge is -2.28. The van der Waals surface area contributed by atoms with Crippen LogP contribution in [0, 0.1) is 10.1 Å². The molecule has 1 aliphatic rings. The molecule has 9 nitrogen and oxygen atoms in total. The van der Waals surface area contributed by atoms with E-state index in [1.54, 1.807) is 24.3 Å². The third-order valence-electron chi connectivity index (χ3n) is 3.96. The van der Waals surface area contributed by atoms with Gasteiger partial charge in [-0.2, -0.15) is 0 Å². The lowest BCUT2D eigenvalue weighted by atomic mass is 10.1. The van der Waals surface area contributed by atoms with E-state index in [0.717, 1.165) is 0 Å². The first-order valence-electron chi connectivity index (χ1n) is 8.13. The standard InChI is InChI=1S/C18H15N3O6S/c1-26-8-7-20-17(23)14(16(22)19-18(20)28)10-13-5-6-15(27-13)11-3-2-4-12(9-11)21(24)25/h2-6,9-10H,7-8H2,1H3,(H,19,22,28)/b14-10+. The molecule has 3 rings (SSSR count). The summed E-state index contributed by atoms with van der Waals surface area (Å²) in [4.78, 5) is 36.4. The molecule has 1 fully saturated rings. The van der Waals surface area contributed by atoms with Crippen LogP contribution >= 0.6 is 12.2 Å². The Bertz CT molecular complexity index is 997. The van der Waals surface area contributed by atoms with Gasteiger partial charge >= 0.3 is 0 Å². The molecule has 0 spiro atoms. The zero-order valence-electron chi connectivity index (χ0n) is 14.7. The Morgan fingerprint density at radius 3 is 2.82 bits per heavy atom. The fraction of sp³-hybridized carbons (Fsp3) is 0.167. The van der Waals surface area contributed by atoms with Gasteiger partial charge in [0.2, 0.25) is 0 Å². The van der Waals surface area contributed by atoms with Crippen LogP contribution in [0.2, 0.25) is 0 Å². The van der Waals surface area contributed by atoms with Crippen LogP contribution in [0.3, 0.4) is 0 Å². The van der Waals surface area contributed by atoms with Crippen molar-refractivity contribution >= 4 is 40.9 Å². The number of nitro benzene ring substituents is 1. The summed E-state index contributed by atoms with van der Waals surface area (Å²) in [5.41, 5.74) is 0.295. The van der Waals surface area contributed by atoms with Gasteiger partial charge in [0.15, 0.2) is 5.11 Å². The van der Waals surface area contributed by atoms with Crippen molar-refractivity contribution in [1.29, 1.82) is 0 Å². The fourth-order valence-corrected chi connectivity index (χ4v) is 2.85. The van der Waals surface area contributed by atoms with Crippen molar-refractivity contribution in [2.75, 3.05) is 20.3 Å². The summed E-state index contributed by atoms with van der Waals surface area (Å²) in [5.74, 6) is -0.568. The second-order valence-electron chi connectivity index (χ2n) is 5.78. The summed E-state index contributed by atoms with van der Waals surface area (Å²) in [7, 11) is 1.49. The zero-order chi connectivity index (χ0) is 20.3. The third-order valence-corrected chi connectivity index (χ3v) is 4.28. The van der Waals surface area contributed by atoms with Gasteiger partial charge < -0.3 is 9.15 Å².